The zero-order valence-corrected chi connectivity index (χ0v) is 20.5. The van der Waals surface area contributed by atoms with Gasteiger partial charge >= 0.3 is 0 Å². The van der Waals surface area contributed by atoms with Gasteiger partial charge in [-0.05, 0) is 49.3 Å². The molecule has 0 spiro atoms. The molecule has 3 aliphatic heterocycles. The van der Waals surface area contributed by atoms with Crippen molar-refractivity contribution in [2.24, 2.45) is 11.8 Å². The Kier molecular flexibility index (Phi) is 6.28. The van der Waals surface area contributed by atoms with Crippen molar-refractivity contribution in [2.75, 3.05) is 31.1 Å². The summed E-state index contributed by atoms with van der Waals surface area (Å²) in [6, 6.07) is 5.53. The Balaban J connectivity index is 1.56. The Morgan fingerprint density at radius 1 is 1.24 bits per heavy atom. The molecular weight excluding hydrogens is 456 g/mol. The van der Waals surface area contributed by atoms with Crippen LogP contribution in [0.2, 0.25) is 0 Å². The van der Waals surface area contributed by atoms with Crippen LogP contribution in [0.4, 0.5) is 5.82 Å². The van der Waals surface area contributed by atoms with Gasteiger partial charge in [0.1, 0.15) is 15.8 Å². The molecule has 3 aliphatic rings. The summed E-state index contributed by atoms with van der Waals surface area (Å²) < 4.78 is 7.75. The number of thioether (sulfide) groups is 1. The number of ether oxygens (including phenoxy) is 1. The molecule has 0 aliphatic carbocycles. The molecule has 3 fully saturated rings. The van der Waals surface area contributed by atoms with Gasteiger partial charge in [0.2, 0.25) is 0 Å². The lowest BCUT2D eigenvalue weighted by Crippen LogP contribution is -2.40. The maximum Gasteiger partial charge on any atom is 0.267 e. The van der Waals surface area contributed by atoms with Crippen LogP contribution >= 0.6 is 24.0 Å². The number of thiocarbonyl (C=S) groups is 1. The molecule has 9 heteroatoms. The molecular formula is C24H28N4O3S2. The van der Waals surface area contributed by atoms with E-state index < -0.39 is 0 Å². The van der Waals surface area contributed by atoms with E-state index in [9.17, 15) is 9.59 Å². The van der Waals surface area contributed by atoms with E-state index >= 15 is 0 Å². The number of hydrogen-bond acceptors (Lipinski definition) is 7. The molecule has 5 rings (SSSR count). The summed E-state index contributed by atoms with van der Waals surface area (Å²) in [6.07, 6.45) is 6.53. The quantitative estimate of drug-likeness (QED) is 0.486. The number of amides is 1. The van der Waals surface area contributed by atoms with Crippen molar-refractivity contribution < 1.29 is 9.53 Å². The van der Waals surface area contributed by atoms with Crippen LogP contribution in [-0.4, -0.2) is 56.9 Å². The fraction of sp³-hybridized carbons (Fsp3) is 0.500. The molecule has 1 amide bonds. The van der Waals surface area contributed by atoms with Crippen LogP contribution in [0.25, 0.3) is 11.7 Å². The molecule has 2 aromatic rings. The summed E-state index contributed by atoms with van der Waals surface area (Å²) in [5.74, 6) is 1.49. The summed E-state index contributed by atoms with van der Waals surface area (Å²) in [4.78, 5) is 35.9. The van der Waals surface area contributed by atoms with Crippen LogP contribution in [0.15, 0.2) is 34.1 Å². The van der Waals surface area contributed by atoms with Crippen LogP contribution < -0.4 is 10.5 Å². The third-order valence-corrected chi connectivity index (χ3v) is 7.85. The molecule has 0 N–H and O–H groups in total. The summed E-state index contributed by atoms with van der Waals surface area (Å²) >= 11 is 6.76. The summed E-state index contributed by atoms with van der Waals surface area (Å²) in [6.45, 7) is 7.32. The molecule has 7 nitrogen and oxygen atoms in total. The highest BCUT2D eigenvalue weighted by Crippen LogP contribution is 2.35. The number of fused-ring (bicyclic) bond motifs is 1. The SMILES string of the molecule is CC1CC(C)CN(c2nc3ccccn3c(=O)c2/C=C2/SC(=S)N(CC3CCCO3)C2=O)C1. The number of carbonyl (C=O) groups is 1. The molecule has 33 heavy (non-hydrogen) atoms. The standard InChI is InChI=1S/C24H28N4O3S2/c1-15-10-16(2)13-26(12-15)21-18(22(29)27-8-4-3-7-20(27)25-21)11-19-23(30)28(24(32)33-19)14-17-6-5-9-31-17/h3-4,7-8,11,15-17H,5-6,9-10,12-14H2,1-2H3/b19-11+. The first-order valence-corrected chi connectivity index (χ1v) is 12.8. The summed E-state index contributed by atoms with van der Waals surface area (Å²) in [5, 5.41) is 0. The van der Waals surface area contributed by atoms with Gasteiger partial charge in [0.05, 0.1) is 23.1 Å². The van der Waals surface area contributed by atoms with Crippen molar-refractivity contribution >= 4 is 51.7 Å². The number of nitrogens with zero attached hydrogens (tertiary/aromatic N) is 4. The first-order chi connectivity index (χ1) is 15.9. The molecule has 5 heterocycles. The summed E-state index contributed by atoms with van der Waals surface area (Å²) in [7, 11) is 0. The fourth-order valence-corrected chi connectivity index (χ4v) is 6.33. The molecule has 3 atom stereocenters. The van der Waals surface area contributed by atoms with Crippen molar-refractivity contribution in [1.82, 2.24) is 14.3 Å². The van der Waals surface area contributed by atoms with Crippen LogP contribution in [0.1, 0.15) is 38.7 Å². The summed E-state index contributed by atoms with van der Waals surface area (Å²) in [5.41, 5.74) is 0.870. The molecule has 3 saturated heterocycles. The molecule has 0 radical (unpaired) electrons. The van der Waals surface area contributed by atoms with E-state index in [1.165, 1.54) is 11.8 Å². The number of rotatable bonds is 4. The minimum atomic E-state index is -0.175. The van der Waals surface area contributed by atoms with Crippen molar-refractivity contribution in [1.29, 1.82) is 0 Å². The number of pyridine rings is 1. The molecule has 2 aromatic heterocycles. The van der Waals surface area contributed by atoms with Gasteiger partial charge in [-0.3, -0.25) is 18.9 Å². The van der Waals surface area contributed by atoms with Gasteiger partial charge < -0.3 is 9.64 Å². The van der Waals surface area contributed by atoms with Crippen molar-refractivity contribution in [3.63, 3.8) is 0 Å². The Morgan fingerprint density at radius 2 is 2.03 bits per heavy atom. The van der Waals surface area contributed by atoms with Gasteiger partial charge in [-0.1, -0.05) is 43.9 Å². The first kappa shape index (κ1) is 22.6. The van der Waals surface area contributed by atoms with E-state index in [0.717, 1.165) is 39.0 Å². The predicted molar refractivity (Wildman–Crippen MR) is 135 cm³/mol. The molecule has 0 saturated carbocycles. The average molecular weight is 485 g/mol. The van der Waals surface area contributed by atoms with Crippen LogP contribution in [0.3, 0.4) is 0 Å². The first-order valence-electron chi connectivity index (χ1n) is 11.5. The van der Waals surface area contributed by atoms with Gasteiger partial charge in [-0.25, -0.2) is 4.98 Å². The van der Waals surface area contributed by atoms with Gasteiger partial charge in [0.15, 0.2) is 0 Å². The van der Waals surface area contributed by atoms with E-state index in [1.54, 1.807) is 21.6 Å². The lowest BCUT2D eigenvalue weighted by Gasteiger charge is -2.36. The monoisotopic (exact) mass is 484 g/mol. The topological polar surface area (TPSA) is 67.2 Å². The van der Waals surface area contributed by atoms with Gasteiger partial charge in [-0.15, -0.1) is 0 Å². The molecule has 0 aromatic carbocycles. The highest BCUT2D eigenvalue weighted by Gasteiger charge is 2.35. The highest BCUT2D eigenvalue weighted by atomic mass is 32.2. The number of hydrogen-bond donors (Lipinski definition) is 0. The van der Waals surface area contributed by atoms with E-state index in [4.69, 9.17) is 21.9 Å². The maximum atomic E-state index is 13.6. The zero-order valence-electron chi connectivity index (χ0n) is 18.9. The average Bonchev–Trinajstić information content (AvgIpc) is 3.39. The Morgan fingerprint density at radius 3 is 2.76 bits per heavy atom. The van der Waals surface area contributed by atoms with Gasteiger partial charge in [0, 0.05) is 25.9 Å². The second kappa shape index (κ2) is 9.19. The third kappa shape index (κ3) is 4.46. The lowest BCUT2D eigenvalue weighted by molar-refractivity contribution is -0.123. The van der Waals surface area contributed by atoms with Crippen LogP contribution in [-0.2, 0) is 9.53 Å². The molecule has 0 bridgehead atoms. The highest BCUT2D eigenvalue weighted by molar-refractivity contribution is 8.26. The normalized spacial score (nSPS) is 27.3. The largest absolute Gasteiger partial charge is 0.376 e. The van der Waals surface area contributed by atoms with Crippen molar-refractivity contribution in [2.45, 2.75) is 39.2 Å². The Hall–Kier alpha value is -2.23. The van der Waals surface area contributed by atoms with Crippen LogP contribution in [0.5, 0.6) is 0 Å². The number of piperidine rings is 1. The van der Waals surface area contributed by atoms with Gasteiger partial charge in [-0.2, -0.15) is 0 Å². The zero-order chi connectivity index (χ0) is 23.1. The molecule has 174 valence electrons. The maximum absolute atomic E-state index is 13.6. The number of carbonyl (C=O) groups excluding carboxylic acids is 1. The second-order valence-electron chi connectivity index (χ2n) is 9.36. The van der Waals surface area contributed by atoms with Crippen molar-refractivity contribution in [3.05, 3.63) is 45.2 Å². The minimum absolute atomic E-state index is 0.0201. The fourth-order valence-electron chi connectivity index (χ4n) is 5.07. The lowest BCUT2D eigenvalue weighted by atomic mass is 9.91. The van der Waals surface area contributed by atoms with E-state index in [0.29, 0.717) is 44.6 Å². The second-order valence-corrected chi connectivity index (χ2v) is 11.0. The number of anilines is 1. The Labute approximate surface area is 202 Å². The van der Waals surface area contributed by atoms with Crippen molar-refractivity contribution in [3.8, 4) is 0 Å². The minimum Gasteiger partial charge on any atom is -0.376 e. The van der Waals surface area contributed by atoms with E-state index in [-0.39, 0.29) is 17.6 Å². The number of aromatic nitrogens is 2. The predicted octanol–water partition coefficient (Wildman–Crippen LogP) is 3.56. The van der Waals surface area contributed by atoms with E-state index in [2.05, 4.69) is 18.7 Å². The Bertz CT molecular complexity index is 1180. The molecule has 3 unspecified atom stereocenters. The van der Waals surface area contributed by atoms with E-state index in [1.807, 2.05) is 18.2 Å². The third-order valence-electron chi connectivity index (χ3n) is 6.48. The smallest absolute Gasteiger partial charge is 0.267 e. The van der Waals surface area contributed by atoms with Gasteiger partial charge in [0.25, 0.3) is 11.5 Å². The van der Waals surface area contributed by atoms with Crippen LogP contribution in [0, 0.1) is 11.8 Å².